The number of nitro benzene ring substituents is 1. The van der Waals surface area contributed by atoms with Gasteiger partial charge in [0.15, 0.2) is 5.75 Å². The highest BCUT2D eigenvalue weighted by Crippen LogP contribution is 2.26. The highest BCUT2D eigenvalue weighted by molar-refractivity contribution is 5.95. The number of nitro groups is 1. The lowest BCUT2D eigenvalue weighted by Gasteiger charge is -2.18. The van der Waals surface area contributed by atoms with Crippen LogP contribution in [-0.4, -0.2) is 29.7 Å². The minimum absolute atomic E-state index is 0.0894. The second-order valence-corrected chi connectivity index (χ2v) is 4.85. The molecule has 0 saturated carbocycles. The van der Waals surface area contributed by atoms with Gasteiger partial charge in [-0.15, -0.1) is 0 Å². The van der Waals surface area contributed by atoms with Crippen LogP contribution in [0, 0.1) is 10.1 Å². The maximum absolute atomic E-state index is 12.3. The number of phenols is 1. The van der Waals surface area contributed by atoms with Crippen molar-refractivity contribution in [2.45, 2.75) is 6.04 Å². The Kier molecular flexibility index (Phi) is 5.27. The summed E-state index contributed by atoms with van der Waals surface area (Å²) >= 11 is 0. The maximum atomic E-state index is 12.3. The molecule has 0 radical (unpaired) electrons. The van der Waals surface area contributed by atoms with Crippen LogP contribution in [0.2, 0.25) is 0 Å². The molecule has 2 rings (SSSR count). The molecule has 2 N–H and O–H groups in total. The summed E-state index contributed by atoms with van der Waals surface area (Å²) in [6, 6.07) is 12.4. The van der Waals surface area contributed by atoms with Crippen LogP contribution < -0.4 is 5.32 Å². The first-order valence-electron chi connectivity index (χ1n) is 6.85. The van der Waals surface area contributed by atoms with Crippen molar-refractivity contribution in [1.82, 2.24) is 5.32 Å². The summed E-state index contributed by atoms with van der Waals surface area (Å²) in [6.45, 7) is 0.260. The molecule has 120 valence electrons. The van der Waals surface area contributed by atoms with Crippen LogP contribution >= 0.6 is 0 Å². The number of ether oxygens (including phenoxy) is 1. The van der Waals surface area contributed by atoms with Crippen LogP contribution in [0.25, 0.3) is 0 Å². The predicted octanol–water partition coefficient (Wildman–Crippen LogP) is 2.42. The van der Waals surface area contributed by atoms with E-state index >= 15 is 0 Å². The van der Waals surface area contributed by atoms with Crippen molar-refractivity contribution >= 4 is 11.6 Å². The molecular weight excluding hydrogens is 300 g/mol. The Balaban J connectivity index is 2.22. The lowest BCUT2D eigenvalue weighted by molar-refractivity contribution is -0.385. The van der Waals surface area contributed by atoms with Crippen molar-refractivity contribution in [2.24, 2.45) is 0 Å². The summed E-state index contributed by atoms with van der Waals surface area (Å²) < 4.78 is 5.11. The fraction of sp³-hybridized carbons (Fsp3) is 0.188. The second-order valence-electron chi connectivity index (χ2n) is 4.85. The molecule has 0 aliphatic heterocycles. The van der Waals surface area contributed by atoms with Gasteiger partial charge in [-0.1, -0.05) is 30.3 Å². The zero-order valence-electron chi connectivity index (χ0n) is 12.4. The number of amides is 1. The molecular formula is C16H16N2O5. The monoisotopic (exact) mass is 316 g/mol. The molecule has 0 saturated heterocycles. The zero-order chi connectivity index (χ0) is 16.8. The van der Waals surface area contributed by atoms with Gasteiger partial charge in [-0.2, -0.15) is 0 Å². The molecule has 0 aliphatic rings. The number of phenolic OH excluding ortho intramolecular Hbond substituents is 1. The third-order valence-electron chi connectivity index (χ3n) is 3.27. The molecule has 2 aromatic carbocycles. The van der Waals surface area contributed by atoms with Crippen LogP contribution in [0.3, 0.4) is 0 Å². The third kappa shape index (κ3) is 4.04. The number of methoxy groups -OCH3 is 1. The summed E-state index contributed by atoms with van der Waals surface area (Å²) in [5.41, 5.74) is 0.433. The van der Waals surface area contributed by atoms with E-state index in [0.717, 1.165) is 17.7 Å². The Morgan fingerprint density at radius 3 is 2.61 bits per heavy atom. The molecule has 0 fully saturated rings. The Hall–Kier alpha value is -2.93. The number of aromatic hydroxyl groups is 1. The lowest BCUT2D eigenvalue weighted by atomic mass is 10.1. The van der Waals surface area contributed by atoms with Crippen LogP contribution in [0.15, 0.2) is 48.5 Å². The Bertz CT molecular complexity index is 703. The average molecular weight is 316 g/mol. The van der Waals surface area contributed by atoms with E-state index in [2.05, 4.69) is 5.32 Å². The van der Waals surface area contributed by atoms with Gasteiger partial charge in [-0.25, -0.2) is 0 Å². The van der Waals surface area contributed by atoms with Gasteiger partial charge in [0.25, 0.3) is 5.91 Å². The first-order valence-corrected chi connectivity index (χ1v) is 6.85. The molecule has 0 unspecified atom stereocenters. The summed E-state index contributed by atoms with van der Waals surface area (Å²) in [5, 5.41) is 23.0. The quantitative estimate of drug-likeness (QED) is 0.629. The number of hydrogen-bond donors (Lipinski definition) is 2. The molecule has 0 heterocycles. The first-order chi connectivity index (χ1) is 11.0. The highest BCUT2D eigenvalue weighted by atomic mass is 16.6. The van der Waals surface area contributed by atoms with Crippen molar-refractivity contribution in [3.8, 4) is 5.75 Å². The number of carbonyl (C=O) groups excluding carboxylic acids is 1. The zero-order valence-corrected chi connectivity index (χ0v) is 12.4. The molecule has 1 amide bonds. The summed E-state index contributed by atoms with van der Waals surface area (Å²) in [4.78, 5) is 22.4. The number of hydrogen-bond acceptors (Lipinski definition) is 5. The maximum Gasteiger partial charge on any atom is 0.311 e. The number of benzene rings is 2. The Morgan fingerprint density at radius 2 is 2.00 bits per heavy atom. The molecule has 1 atom stereocenters. The molecule has 0 aromatic heterocycles. The summed E-state index contributed by atoms with van der Waals surface area (Å²) in [6.07, 6.45) is 0. The van der Waals surface area contributed by atoms with Crippen molar-refractivity contribution in [3.05, 3.63) is 69.8 Å². The largest absolute Gasteiger partial charge is 0.502 e. The van der Waals surface area contributed by atoms with Crippen molar-refractivity contribution in [2.75, 3.05) is 13.7 Å². The molecule has 2 aromatic rings. The minimum Gasteiger partial charge on any atom is -0.502 e. The van der Waals surface area contributed by atoms with E-state index in [-0.39, 0.29) is 18.2 Å². The SMILES string of the molecule is COC[C@@H](NC(=O)c1ccc(O)c([N+](=O)[O-])c1)c1ccccc1. The van der Waals surface area contributed by atoms with E-state index in [9.17, 15) is 20.0 Å². The summed E-state index contributed by atoms with van der Waals surface area (Å²) in [7, 11) is 1.52. The van der Waals surface area contributed by atoms with Gasteiger partial charge in [-0.3, -0.25) is 14.9 Å². The molecule has 23 heavy (non-hydrogen) atoms. The Morgan fingerprint density at radius 1 is 1.30 bits per heavy atom. The fourth-order valence-electron chi connectivity index (χ4n) is 2.13. The van der Waals surface area contributed by atoms with E-state index in [1.165, 1.54) is 13.2 Å². The van der Waals surface area contributed by atoms with Crippen LogP contribution in [0.1, 0.15) is 22.0 Å². The molecule has 7 heteroatoms. The molecule has 0 aliphatic carbocycles. The van der Waals surface area contributed by atoms with Gasteiger partial charge in [0.05, 0.1) is 17.6 Å². The van der Waals surface area contributed by atoms with E-state index in [4.69, 9.17) is 4.74 Å². The number of carbonyl (C=O) groups is 1. The molecule has 7 nitrogen and oxygen atoms in total. The van der Waals surface area contributed by atoms with Crippen molar-refractivity contribution in [3.63, 3.8) is 0 Å². The first kappa shape index (κ1) is 16.4. The lowest BCUT2D eigenvalue weighted by Crippen LogP contribution is -2.31. The van der Waals surface area contributed by atoms with Crippen LogP contribution in [0.5, 0.6) is 5.75 Å². The summed E-state index contributed by atoms with van der Waals surface area (Å²) in [5.74, 6) is -0.970. The topological polar surface area (TPSA) is 102 Å². The highest BCUT2D eigenvalue weighted by Gasteiger charge is 2.20. The number of rotatable bonds is 6. The number of nitrogens with zero attached hydrogens (tertiary/aromatic N) is 1. The Labute approximate surface area is 132 Å². The normalized spacial score (nSPS) is 11.7. The van der Waals surface area contributed by atoms with Gasteiger partial charge in [0, 0.05) is 18.7 Å². The van der Waals surface area contributed by atoms with Crippen molar-refractivity contribution in [1.29, 1.82) is 0 Å². The molecule has 0 bridgehead atoms. The second kappa shape index (κ2) is 7.37. The van der Waals surface area contributed by atoms with E-state index < -0.39 is 22.3 Å². The van der Waals surface area contributed by atoms with Gasteiger partial charge in [-0.05, 0) is 17.7 Å². The van der Waals surface area contributed by atoms with E-state index in [0.29, 0.717) is 0 Å². The van der Waals surface area contributed by atoms with E-state index in [1.54, 1.807) is 0 Å². The van der Waals surface area contributed by atoms with Gasteiger partial charge < -0.3 is 15.2 Å². The average Bonchev–Trinajstić information content (AvgIpc) is 2.55. The van der Waals surface area contributed by atoms with Gasteiger partial charge >= 0.3 is 5.69 Å². The third-order valence-corrected chi connectivity index (χ3v) is 3.27. The van der Waals surface area contributed by atoms with Crippen LogP contribution in [-0.2, 0) is 4.74 Å². The van der Waals surface area contributed by atoms with Crippen molar-refractivity contribution < 1.29 is 19.6 Å². The predicted molar refractivity (Wildman–Crippen MR) is 83.3 cm³/mol. The van der Waals surface area contributed by atoms with E-state index in [1.807, 2.05) is 30.3 Å². The standard InChI is InChI=1S/C16H16N2O5/c1-23-10-13(11-5-3-2-4-6-11)17-16(20)12-7-8-15(19)14(9-12)18(21)22/h2-9,13,19H,10H2,1H3,(H,17,20)/t13-/m1/s1. The molecule has 0 spiro atoms. The van der Waals surface area contributed by atoms with Crippen LogP contribution in [0.4, 0.5) is 5.69 Å². The van der Waals surface area contributed by atoms with Gasteiger partial charge in [0.2, 0.25) is 0 Å². The van der Waals surface area contributed by atoms with Gasteiger partial charge in [0.1, 0.15) is 0 Å². The minimum atomic E-state index is -0.740. The smallest absolute Gasteiger partial charge is 0.311 e. The fourth-order valence-corrected chi connectivity index (χ4v) is 2.13. The number of nitrogens with one attached hydrogen (secondary N) is 1.